The van der Waals surface area contributed by atoms with Crippen LogP contribution in [0.5, 0.6) is 0 Å². The zero-order valence-corrected chi connectivity index (χ0v) is 10.7. The van der Waals surface area contributed by atoms with Crippen molar-refractivity contribution in [1.29, 1.82) is 0 Å². The second-order valence-electron chi connectivity index (χ2n) is 3.61. The number of fused-ring (bicyclic) bond motifs is 1. The molecule has 0 unspecified atom stereocenters. The van der Waals surface area contributed by atoms with Gasteiger partial charge >= 0.3 is 6.09 Å². The summed E-state index contributed by atoms with van der Waals surface area (Å²) in [5, 5.41) is 4.89. The van der Waals surface area contributed by atoms with Gasteiger partial charge in [-0.05, 0) is 12.1 Å². The second kappa shape index (κ2) is 6.19. The van der Waals surface area contributed by atoms with E-state index in [2.05, 4.69) is 15.6 Å². The third-order valence-electron chi connectivity index (χ3n) is 2.21. The van der Waals surface area contributed by atoms with Crippen molar-refractivity contribution in [1.82, 2.24) is 10.3 Å². The summed E-state index contributed by atoms with van der Waals surface area (Å²) in [7, 11) is 0. The molecule has 19 heavy (non-hydrogen) atoms. The Labute approximate surface area is 113 Å². The first-order chi connectivity index (χ1) is 9.19. The number of rotatable bonds is 4. The predicted octanol–water partition coefficient (Wildman–Crippen LogP) is 0.551. The van der Waals surface area contributed by atoms with Crippen LogP contribution in [-0.2, 0) is 20.9 Å². The number of aldehydes is 1. The fourth-order valence-electron chi connectivity index (χ4n) is 1.40. The van der Waals surface area contributed by atoms with Crippen LogP contribution in [0, 0.1) is 0 Å². The molecule has 0 aromatic carbocycles. The zero-order chi connectivity index (χ0) is 13.7. The van der Waals surface area contributed by atoms with E-state index in [0.29, 0.717) is 23.6 Å². The molecule has 1 aromatic heterocycles. The summed E-state index contributed by atoms with van der Waals surface area (Å²) in [6, 6.07) is 3.53. The maximum atomic E-state index is 11.2. The van der Waals surface area contributed by atoms with Crippen LogP contribution in [0.1, 0.15) is 5.69 Å². The molecule has 0 fully saturated rings. The van der Waals surface area contributed by atoms with Crippen LogP contribution in [-0.4, -0.2) is 35.6 Å². The van der Waals surface area contributed by atoms with Crippen molar-refractivity contribution in [3.8, 4) is 0 Å². The van der Waals surface area contributed by atoms with Gasteiger partial charge in [0.15, 0.2) is 0 Å². The minimum absolute atomic E-state index is 0.0293. The molecule has 1 aromatic rings. The molecule has 0 saturated carbocycles. The summed E-state index contributed by atoms with van der Waals surface area (Å²) in [5.41, 5.74) is 0.516. The number of aromatic nitrogens is 1. The number of ether oxygens (including phenoxy) is 1. The summed E-state index contributed by atoms with van der Waals surface area (Å²) in [4.78, 5) is 37.5. The smallest absolute Gasteiger partial charge is 0.407 e. The highest BCUT2D eigenvalue weighted by Crippen LogP contribution is 2.29. The Balaban J connectivity index is 1.94. The van der Waals surface area contributed by atoms with E-state index < -0.39 is 6.09 Å². The molecular weight excluding hydrogens is 270 g/mol. The lowest BCUT2D eigenvalue weighted by Gasteiger charge is -2.15. The highest BCUT2D eigenvalue weighted by atomic mass is 32.2. The van der Waals surface area contributed by atoms with Gasteiger partial charge in [-0.1, -0.05) is 0 Å². The summed E-state index contributed by atoms with van der Waals surface area (Å²) >= 11 is 1.41. The number of nitrogens with zero attached hydrogens (tertiary/aromatic N) is 1. The average Bonchev–Trinajstić information content (AvgIpc) is 2.42. The number of nitrogens with one attached hydrogen (secondary N) is 2. The van der Waals surface area contributed by atoms with Crippen LogP contribution in [0.3, 0.4) is 0 Å². The lowest BCUT2D eigenvalue weighted by molar-refractivity contribution is -0.114. The molecule has 0 spiro atoms. The highest BCUT2D eigenvalue weighted by Gasteiger charge is 2.17. The number of anilines is 1. The fourth-order valence-corrected chi connectivity index (χ4v) is 2.16. The van der Waals surface area contributed by atoms with Crippen LogP contribution in [0.25, 0.3) is 0 Å². The lowest BCUT2D eigenvalue weighted by Crippen LogP contribution is -2.26. The van der Waals surface area contributed by atoms with Crippen molar-refractivity contribution in [2.24, 2.45) is 0 Å². The molecule has 0 radical (unpaired) electrons. The van der Waals surface area contributed by atoms with Gasteiger partial charge in [-0.2, -0.15) is 0 Å². The van der Waals surface area contributed by atoms with Gasteiger partial charge in [-0.15, -0.1) is 11.8 Å². The van der Waals surface area contributed by atoms with E-state index >= 15 is 0 Å². The van der Waals surface area contributed by atoms with Crippen molar-refractivity contribution >= 4 is 35.9 Å². The third kappa shape index (κ3) is 3.68. The largest absolute Gasteiger partial charge is 0.443 e. The molecule has 2 rings (SSSR count). The van der Waals surface area contributed by atoms with E-state index in [1.165, 1.54) is 11.8 Å². The summed E-state index contributed by atoms with van der Waals surface area (Å²) in [6.45, 7) is -0.123. The van der Waals surface area contributed by atoms with Gasteiger partial charge in [0.05, 0.1) is 22.9 Å². The Morgan fingerprint density at radius 3 is 3.21 bits per heavy atom. The zero-order valence-electron chi connectivity index (χ0n) is 9.84. The molecule has 1 aliphatic rings. The van der Waals surface area contributed by atoms with E-state index in [1.807, 2.05) is 6.07 Å². The average molecular weight is 281 g/mol. The molecule has 100 valence electrons. The predicted molar refractivity (Wildman–Crippen MR) is 67.8 cm³/mol. The van der Waals surface area contributed by atoms with E-state index in [9.17, 15) is 14.4 Å². The molecule has 0 bridgehead atoms. The minimum atomic E-state index is -0.690. The number of hydrogen-bond donors (Lipinski definition) is 2. The standard InChI is InChI=1S/C11H11N3O4S/c15-4-3-12-11(17)18-5-7-1-2-8-10(13-7)14-9(16)6-19-8/h1-2,4H,3,5-6H2,(H,12,17)(H,13,14,16). The number of hydrogen-bond acceptors (Lipinski definition) is 6. The summed E-state index contributed by atoms with van der Waals surface area (Å²) < 4.78 is 4.86. The van der Waals surface area contributed by atoms with E-state index in [0.717, 1.165) is 4.90 Å². The number of amides is 2. The SMILES string of the molecule is O=CCNC(=O)OCc1ccc2c(n1)NC(=O)CS2. The number of thioether (sulfide) groups is 1. The van der Waals surface area contributed by atoms with Crippen LogP contribution < -0.4 is 10.6 Å². The monoisotopic (exact) mass is 281 g/mol. The number of carbonyl (C=O) groups excluding carboxylic acids is 3. The molecule has 1 aliphatic heterocycles. The van der Waals surface area contributed by atoms with Crippen molar-refractivity contribution in [2.45, 2.75) is 11.5 Å². The number of pyridine rings is 1. The van der Waals surface area contributed by atoms with Crippen molar-refractivity contribution in [3.05, 3.63) is 17.8 Å². The Hall–Kier alpha value is -2.09. The van der Waals surface area contributed by atoms with E-state index in [-0.39, 0.29) is 19.1 Å². The van der Waals surface area contributed by atoms with Gasteiger partial charge in [0.2, 0.25) is 5.91 Å². The molecular formula is C11H11N3O4S. The Morgan fingerprint density at radius 2 is 2.42 bits per heavy atom. The summed E-state index contributed by atoms with van der Waals surface area (Å²) in [5.74, 6) is 0.751. The van der Waals surface area contributed by atoms with E-state index in [4.69, 9.17) is 4.74 Å². The summed E-state index contributed by atoms with van der Waals surface area (Å²) in [6.07, 6.45) is -0.129. The van der Waals surface area contributed by atoms with Crippen molar-refractivity contribution < 1.29 is 19.1 Å². The first kappa shape index (κ1) is 13.3. The number of alkyl carbamates (subject to hydrolysis) is 1. The van der Waals surface area contributed by atoms with Gasteiger partial charge in [0.25, 0.3) is 0 Å². The maximum absolute atomic E-state index is 11.2. The first-order valence-electron chi connectivity index (χ1n) is 5.46. The molecule has 2 amide bonds. The van der Waals surface area contributed by atoms with Gasteiger partial charge in [-0.25, -0.2) is 9.78 Å². The van der Waals surface area contributed by atoms with E-state index in [1.54, 1.807) is 6.07 Å². The first-order valence-corrected chi connectivity index (χ1v) is 6.44. The second-order valence-corrected chi connectivity index (χ2v) is 4.63. The molecule has 0 saturated heterocycles. The van der Waals surface area contributed by atoms with Gasteiger partial charge < -0.3 is 20.2 Å². The van der Waals surface area contributed by atoms with Crippen LogP contribution >= 0.6 is 11.8 Å². The van der Waals surface area contributed by atoms with Gasteiger partial charge in [-0.3, -0.25) is 4.79 Å². The van der Waals surface area contributed by atoms with Crippen LogP contribution in [0.2, 0.25) is 0 Å². The molecule has 2 N–H and O–H groups in total. The molecule has 7 nitrogen and oxygen atoms in total. The number of carbonyl (C=O) groups is 3. The highest BCUT2D eigenvalue weighted by molar-refractivity contribution is 8.00. The Morgan fingerprint density at radius 1 is 1.58 bits per heavy atom. The minimum Gasteiger partial charge on any atom is -0.443 e. The fraction of sp³-hybridized carbons (Fsp3) is 0.273. The third-order valence-corrected chi connectivity index (χ3v) is 3.26. The topological polar surface area (TPSA) is 97.4 Å². The van der Waals surface area contributed by atoms with Crippen LogP contribution in [0.15, 0.2) is 17.0 Å². The Kier molecular flexibility index (Phi) is 4.35. The molecule has 0 aliphatic carbocycles. The molecule has 8 heteroatoms. The van der Waals surface area contributed by atoms with Crippen molar-refractivity contribution in [2.75, 3.05) is 17.6 Å². The quantitative estimate of drug-likeness (QED) is 0.782. The molecule has 2 heterocycles. The maximum Gasteiger partial charge on any atom is 0.407 e. The normalized spacial score (nSPS) is 13.2. The Bertz CT molecular complexity index is 521. The molecule has 0 atom stereocenters. The van der Waals surface area contributed by atoms with Crippen molar-refractivity contribution in [3.63, 3.8) is 0 Å². The lowest BCUT2D eigenvalue weighted by atomic mass is 10.3. The van der Waals surface area contributed by atoms with Gasteiger partial charge in [0, 0.05) is 0 Å². The van der Waals surface area contributed by atoms with Crippen LogP contribution in [0.4, 0.5) is 10.6 Å². The van der Waals surface area contributed by atoms with Gasteiger partial charge in [0.1, 0.15) is 18.7 Å².